The molecule has 1 aromatic carbocycles. The second-order valence-corrected chi connectivity index (χ2v) is 6.04. The molecule has 0 spiro atoms. The van der Waals surface area contributed by atoms with E-state index in [4.69, 9.17) is 5.11 Å². The number of carbonyl (C=O) groups is 2. The van der Waals surface area contributed by atoms with Crippen LogP contribution in [0.1, 0.15) is 34.5 Å². The summed E-state index contributed by atoms with van der Waals surface area (Å²) in [6.07, 6.45) is 2.91. The molecule has 0 atom stereocenters. The maximum atomic E-state index is 12.2. The minimum Gasteiger partial charge on any atom is -0.478 e. The molecule has 6 heteroatoms. The number of aromatic amines is 1. The predicted molar refractivity (Wildman–Crippen MR) is 80.9 cm³/mol. The van der Waals surface area contributed by atoms with E-state index < -0.39 is 5.97 Å². The van der Waals surface area contributed by atoms with Crippen molar-refractivity contribution in [1.29, 1.82) is 0 Å². The van der Waals surface area contributed by atoms with Crippen molar-refractivity contribution in [3.63, 3.8) is 0 Å². The molecule has 4 rings (SSSR count). The second-order valence-electron chi connectivity index (χ2n) is 6.04. The van der Waals surface area contributed by atoms with Crippen LogP contribution in [0.4, 0.5) is 4.79 Å². The van der Waals surface area contributed by atoms with Crippen molar-refractivity contribution in [2.24, 2.45) is 0 Å². The molecule has 0 unspecified atom stereocenters. The summed E-state index contributed by atoms with van der Waals surface area (Å²) in [6, 6.07) is 5.41. The first-order valence-corrected chi connectivity index (χ1v) is 7.54. The number of hydrogen-bond acceptors (Lipinski definition) is 2. The lowest BCUT2D eigenvalue weighted by Gasteiger charge is -2.27. The van der Waals surface area contributed by atoms with Crippen molar-refractivity contribution >= 4 is 22.9 Å². The Morgan fingerprint density at radius 3 is 2.86 bits per heavy atom. The summed E-state index contributed by atoms with van der Waals surface area (Å²) in [5, 5.41) is 13.1. The summed E-state index contributed by atoms with van der Waals surface area (Å²) in [7, 11) is 0. The van der Waals surface area contributed by atoms with Gasteiger partial charge in [0.2, 0.25) is 0 Å². The van der Waals surface area contributed by atoms with Crippen molar-refractivity contribution in [2.75, 3.05) is 6.54 Å². The lowest BCUT2D eigenvalue weighted by Crippen LogP contribution is -2.43. The van der Waals surface area contributed by atoms with Gasteiger partial charge in [-0.2, -0.15) is 0 Å². The fraction of sp³-hybridized carbons (Fsp3) is 0.375. The van der Waals surface area contributed by atoms with E-state index in [0.29, 0.717) is 19.1 Å². The van der Waals surface area contributed by atoms with E-state index in [1.807, 2.05) is 0 Å². The third kappa shape index (κ3) is 2.20. The number of carboxylic acid groups (broad SMARTS) is 1. The van der Waals surface area contributed by atoms with Crippen molar-refractivity contribution in [1.82, 2.24) is 15.2 Å². The Bertz CT molecular complexity index is 776. The average Bonchev–Trinajstić information content (AvgIpc) is 3.24. The number of fused-ring (bicyclic) bond motifs is 3. The van der Waals surface area contributed by atoms with Gasteiger partial charge in [-0.05, 0) is 31.0 Å². The van der Waals surface area contributed by atoms with Crippen LogP contribution in [0, 0.1) is 0 Å². The van der Waals surface area contributed by atoms with E-state index in [0.717, 1.165) is 41.4 Å². The third-order valence-corrected chi connectivity index (χ3v) is 4.41. The van der Waals surface area contributed by atoms with Crippen LogP contribution in [0.3, 0.4) is 0 Å². The van der Waals surface area contributed by atoms with E-state index in [-0.39, 0.29) is 11.6 Å². The SMILES string of the molecule is O=C(O)c1ccc2[nH]c3c(c2c1)CN(C(=O)NC1CC1)CC3. The molecule has 2 aromatic rings. The smallest absolute Gasteiger partial charge is 0.335 e. The maximum Gasteiger partial charge on any atom is 0.335 e. The highest BCUT2D eigenvalue weighted by molar-refractivity contribution is 5.95. The number of urea groups is 1. The van der Waals surface area contributed by atoms with Gasteiger partial charge < -0.3 is 20.3 Å². The first kappa shape index (κ1) is 13.2. The zero-order valence-electron chi connectivity index (χ0n) is 12.1. The molecule has 22 heavy (non-hydrogen) atoms. The topological polar surface area (TPSA) is 85.4 Å². The lowest BCUT2D eigenvalue weighted by atomic mass is 10.0. The molecule has 3 N–H and O–H groups in total. The van der Waals surface area contributed by atoms with Crippen LogP contribution < -0.4 is 5.32 Å². The normalized spacial score (nSPS) is 17.4. The quantitative estimate of drug-likeness (QED) is 0.793. The number of H-pyrrole nitrogens is 1. The molecule has 2 amide bonds. The molecule has 6 nitrogen and oxygen atoms in total. The highest BCUT2D eigenvalue weighted by atomic mass is 16.4. The van der Waals surface area contributed by atoms with Gasteiger partial charge in [0.1, 0.15) is 0 Å². The van der Waals surface area contributed by atoms with Crippen molar-refractivity contribution < 1.29 is 14.7 Å². The van der Waals surface area contributed by atoms with Gasteiger partial charge in [0, 0.05) is 47.7 Å². The van der Waals surface area contributed by atoms with E-state index in [1.165, 1.54) is 0 Å². The zero-order valence-corrected chi connectivity index (χ0v) is 12.1. The van der Waals surface area contributed by atoms with Gasteiger partial charge in [-0.15, -0.1) is 0 Å². The molecule has 1 aliphatic heterocycles. The number of aromatic nitrogens is 1. The van der Waals surface area contributed by atoms with E-state index in [2.05, 4.69) is 10.3 Å². The molecule has 1 fully saturated rings. The van der Waals surface area contributed by atoms with Crippen LogP contribution in [0.5, 0.6) is 0 Å². The van der Waals surface area contributed by atoms with Crippen LogP contribution >= 0.6 is 0 Å². The lowest BCUT2D eigenvalue weighted by molar-refractivity contribution is 0.0697. The van der Waals surface area contributed by atoms with Crippen molar-refractivity contribution in [3.8, 4) is 0 Å². The summed E-state index contributed by atoms with van der Waals surface area (Å²) < 4.78 is 0. The maximum absolute atomic E-state index is 12.2. The number of hydrogen-bond donors (Lipinski definition) is 3. The first-order valence-electron chi connectivity index (χ1n) is 7.54. The Morgan fingerprint density at radius 2 is 2.14 bits per heavy atom. The molecule has 0 saturated heterocycles. The van der Waals surface area contributed by atoms with E-state index in [9.17, 15) is 9.59 Å². The molecule has 1 saturated carbocycles. The molecular weight excluding hydrogens is 282 g/mol. The first-order chi connectivity index (χ1) is 10.6. The largest absolute Gasteiger partial charge is 0.478 e. The molecule has 0 bridgehead atoms. The second kappa shape index (κ2) is 4.76. The summed E-state index contributed by atoms with van der Waals surface area (Å²) >= 11 is 0. The number of nitrogens with one attached hydrogen (secondary N) is 2. The Balaban J connectivity index is 1.66. The fourth-order valence-electron chi connectivity index (χ4n) is 3.01. The van der Waals surface area contributed by atoms with Crippen molar-refractivity contribution in [2.45, 2.75) is 31.8 Å². The Morgan fingerprint density at radius 1 is 1.32 bits per heavy atom. The minimum atomic E-state index is -0.934. The number of nitrogens with zero attached hydrogens (tertiary/aromatic N) is 1. The number of amides is 2. The van der Waals surface area contributed by atoms with Crippen LogP contribution in [0.15, 0.2) is 18.2 Å². The summed E-state index contributed by atoms with van der Waals surface area (Å²) in [5.74, 6) is -0.934. The van der Waals surface area contributed by atoms with E-state index >= 15 is 0 Å². The van der Waals surface area contributed by atoms with Gasteiger partial charge >= 0.3 is 12.0 Å². The van der Waals surface area contributed by atoms with Gasteiger partial charge in [0.05, 0.1) is 5.56 Å². The number of carboxylic acids is 1. The van der Waals surface area contributed by atoms with Gasteiger partial charge in [-0.25, -0.2) is 9.59 Å². The van der Waals surface area contributed by atoms with Gasteiger partial charge in [-0.3, -0.25) is 0 Å². The van der Waals surface area contributed by atoms with Crippen LogP contribution in [-0.2, 0) is 13.0 Å². The Labute approximate surface area is 127 Å². The molecule has 0 radical (unpaired) electrons. The molecule has 114 valence electrons. The number of aromatic carboxylic acids is 1. The number of rotatable bonds is 2. The monoisotopic (exact) mass is 299 g/mol. The Hall–Kier alpha value is -2.50. The molecule has 1 aliphatic carbocycles. The summed E-state index contributed by atoms with van der Waals surface area (Å²) in [6.45, 7) is 1.21. The zero-order chi connectivity index (χ0) is 15.3. The highest BCUT2D eigenvalue weighted by Crippen LogP contribution is 2.29. The summed E-state index contributed by atoms with van der Waals surface area (Å²) in [5.41, 5.74) is 3.34. The molecular formula is C16H17N3O3. The molecule has 1 aromatic heterocycles. The predicted octanol–water partition coefficient (Wildman–Crippen LogP) is 2.10. The Kier molecular flexibility index (Phi) is 2.85. The fourth-order valence-corrected chi connectivity index (χ4v) is 3.01. The minimum absolute atomic E-state index is 0.0168. The standard InChI is InChI=1S/C16H17N3O3/c20-15(21)9-1-4-13-11(7-9)12-8-19(6-5-14(12)18-13)16(22)17-10-2-3-10/h1,4,7,10,18H,2-3,5-6,8H2,(H,17,22)(H,20,21). The third-order valence-electron chi connectivity index (χ3n) is 4.41. The van der Waals surface area contributed by atoms with Gasteiger partial charge in [0.25, 0.3) is 0 Å². The number of carbonyl (C=O) groups excluding carboxylic acids is 1. The summed E-state index contributed by atoms with van der Waals surface area (Å²) in [4.78, 5) is 28.5. The van der Waals surface area contributed by atoms with Crippen LogP contribution in [0.2, 0.25) is 0 Å². The van der Waals surface area contributed by atoms with Gasteiger partial charge in [-0.1, -0.05) is 0 Å². The average molecular weight is 299 g/mol. The molecule has 2 heterocycles. The highest BCUT2D eigenvalue weighted by Gasteiger charge is 2.29. The van der Waals surface area contributed by atoms with Crippen LogP contribution in [0.25, 0.3) is 10.9 Å². The van der Waals surface area contributed by atoms with Crippen LogP contribution in [-0.4, -0.2) is 39.6 Å². The van der Waals surface area contributed by atoms with Gasteiger partial charge in [0.15, 0.2) is 0 Å². The number of benzene rings is 1. The van der Waals surface area contributed by atoms with Crippen molar-refractivity contribution in [3.05, 3.63) is 35.0 Å². The molecule has 2 aliphatic rings. The van der Waals surface area contributed by atoms with E-state index in [1.54, 1.807) is 23.1 Å².